The maximum absolute atomic E-state index is 11.5. The molecule has 0 bridgehead atoms. The van der Waals surface area contributed by atoms with E-state index >= 15 is 0 Å². The lowest BCUT2D eigenvalue weighted by molar-refractivity contribution is -0.143. The van der Waals surface area contributed by atoms with Gasteiger partial charge in [0.2, 0.25) is 0 Å². The molecule has 0 aromatic heterocycles. The molecule has 0 N–H and O–H groups in total. The van der Waals surface area contributed by atoms with E-state index in [4.69, 9.17) is 4.74 Å². The van der Waals surface area contributed by atoms with Crippen LogP contribution in [-0.4, -0.2) is 23.2 Å². The average Bonchev–Trinajstić information content (AvgIpc) is 2.57. The molecule has 0 spiro atoms. The first-order valence-electron chi connectivity index (χ1n) is 6.17. The number of rotatable bonds is 7. The molecule has 0 aromatic rings. The van der Waals surface area contributed by atoms with Gasteiger partial charge in [-0.25, -0.2) is 0 Å². The number of Topliss-reactive ketones (excluding diaryl/α,β-unsaturated/α-hetero) is 1. The number of unbranched alkanes of at least 4 members (excludes halogenated alkanes) is 2. The van der Waals surface area contributed by atoms with Crippen LogP contribution in [0.4, 0.5) is 0 Å². The summed E-state index contributed by atoms with van der Waals surface area (Å²) in [5.41, 5.74) is 0.947. The van der Waals surface area contributed by atoms with Gasteiger partial charge in [0.05, 0.1) is 6.61 Å². The Bertz CT molecular complexity index is 310. The Morgan fingerprint density at radius 1 is 1.47 bits per heavy atom. The number of hydrogen-bond donors (Lipinski definition) is 0. The Kier molecular flexibility index (Phi) is 6.48. The standard InChI is InChI=1S/C13H19BrO3/c1-2-17-13(16)7-5-3-4-6-10-8-11(14)9-12(10)15/h8,11H,2-7,9H2,1H3. The highest BCUT2D eigenvalue weighted by Gasteiger charge is 2.20. The molecule has 1 unspecified atom stereocenters. The van der Waals surface area contributed by atoms with Crippen LogP contribution in [0.25, 0.3) is 0 Å². The Balaban J connectivity index is 2.07. The molecular formula is C13H19BrO3. The molecule has 0 saturated carbocycles. The molecule has 0 amide bonds. The number of ether oxygens (including phenoxy) is 1. The first-order valence-corrected chi connectivity index (χ1v) is 7.08. The second-order valence-electron chi connectivity index (χ2n) is 4.20. The molecule has 0 heterocycles. The molecule has 1 aliphatic carbocycles. The lowest BCUT2D eigenvalue weighted by Crippen LogP contribution is -2.03. The highest BCUT2D eigenvalue weighted by atomic mass is 79.9. The lowest BCUT2D eigenvalue weighted by atomic mass is 10.1. The van der Waals surface area contributed by atoms with Crippen molar-refractivity contribution in [1.82, 2.24) is 0 Å². The topological polar surface area (TPSA) is 43.4 Å². The van der Waals surface area contributed by atoms with Crippen molar-refractivity contribution in [2.24, 2.45) is 0 Å². The van der Waals surface area contributed by atoms with Crippen molar-refractivity contribution in [2.45, 2.75) is 50.3 Å². The van der Waals surface area contributed by atoms with E-state index in [1.165, 1.54) is 0 Å². The zero-order valence-electron chi connectivity index (χ0n) is 10.2. The highest BCUT2D eigenvalue weighted by molar-refractivity contribution is 9.09. The molecule has 0 radical (unpaired) electrons. The molecule has 0 aromatic carbocycles. The smallest absolute Gasteiger partial charge is 0.305 e. The van der Waals surface area contributed by atoms with Crippen LogP contribution in [0.3, 0.4) is 0 Å². The SMILES string of the molecule is CCOC(=O)CCCCCC1=CC(Br)CC1=O. The molecule has 17 heavy (non-hydrogen) atoms. The Labute approximate surface area is 111 Å². The Hall–Kier alpha value is -0.640. The number of carbonyl (C=O) groups is 2. The molecule has 1 atom stereocenters. The van der Waals surface area contributed by atoms with Gasteiger partial charge in [-0.2, -0.15) is 0 Å². The second kappa shape index (κ2) is 7.64. The van der Waals surface area contributed by atoms with E-state index in [0.717, 1.165) is 31.3 Å². The van der Waals surface area contributed by atoms with Crippen molar-refractivity contribution in [2.75, 3.05) is 6.61 Å². The number of carbonyl (C=O) groups excluding carboxylic acids is 2. The van der Waals surface area contributed by atoms with Gasteiger partial charge < -0.3 is 4.74 Å². The first kappa shape index (κ1) is 14.4. The quantitative estimate of drug-likeness (QED) is 0.412. The van der Waals surface area contributed by atoms with Gasteiger partial charge in [-0.3, -0.25) is 9.59 Å². The van der Waals surface area contributed by atoms with Crippen LogP contribution < -0.4 is 0 Å². The minimum atomic E-state index is -0.121. The van der Waals surface area contributed by atoms with Gasteiger partial charge >= 0.3 is 5.97 Å². The maximum atomic E-state index is 11.5. The van der Waals surface area contributed by atoms with Gasteiger partial charge in [0, 0.05) is 17.7 Å². The van der Waals surface area contributed by atoms with Crippen molar-refractivity contribution in [3.8, 4) is 0 Å². The van der Waals surface area contributed by atoms with E-state index in [2.05, 4.69) is 15.9 Å². The summed E-state index contributed by atoms with van der Waals surface area (Å²) in [4.78, 5) is 22.8. The predicted octanol–water partition coefficient (Wildman–Crippen LogP) is 3.16. The zero-order chi connectivity index (χ0) is 12.7. The monoisotopic (exact) mass is 302 g/mol. The molecule has 96 valence electrons. The van der Waals surface area contributed by atoms with Crippen molar-refractivity contribution in [1.29, 1.82) is 0 Å². The van der Waals surface area contributed by atoms with Crippen LogP contribution >= 0.6 is 15.9 Å². The van der Waals surface area contributed by atoms with Gasteiger partial charge in [0.25, 0.3) is 0 Å². The van der Waals surface area contributed by atoms with Gasteiger partial charge in [-0.05, 0) is 31.8 Å². The summed E-state index contributed by atoms with van der Waals surface area (Å²) in [5.74, 6) is 0.140. The van der Waals surface area contributed by atoms with Crippen LogP contribution in [0.15, 0.2) is 11.6 Å². The third-order valence-electron chi connectivity index (χ3n) is 2.75. The Morgan fingerprint density at radius 2 is 2.24 bits per heavy atom. The van der Waals surface area contributed by atoms with Crippen molar-refractivity contribution in [3.63, 3.8) is 0 Å². The molecule has 0 fully saturated rings. The second-order valence-corrected chi connectivity index (χ2v) is 5.38. The fourth-order valence-electron chi connectivity index (χ4n) is 1.90. The molecular weight excluding hydrogens is 284 g/mol. The summed E-state index contributed by atoms with van der Waals surface area (Å²) < 4.78 is 4.84. The summed E-state index contributed by atoms with van der Waals surface area (Å²) in [5, 5.41) is 0. The van der Waals surface area contributed by atoms with E-state index in [1.54, 1.807) is 0 Å². The highest BCUT2D eigenvalue weighted by Crippen LogP contribution is 2.24. The number of hydrogen-bond acceptors (Lipinski definition) is 3. The average molecular weight is 303 g/mol. The minimum absolute atomic E-state index is 0.121. The zero-order valence-corrected chi connectivity index (χ0v) is 11.8. The number of halogens is 1. The number of ketones is 1. The minimum Gasteiger partial charge on any atom is -0.466 e. The van der Waals surface area contributed by atoms with Gasteiger partial charge in [0.1, 0.15) is 0 Å². The first-order chi connectivity index (χ1) is 8.13. The van der Waals surface area contributed by atoms with Crippen LogP contribution in [0.2, 0.25) is 0 Å². The third-order valence-corrected chi connectivity index (χ3v) is 3.34. The van der Waals surface area contributed by atoms with Crippen LogP contribution in [-0.2, 0) is 14.3 Å². The molecule has 1 rings (SSSR count). The molecule has 0 aliphatic heterocycles. The Morgan fingerprint density at radius 3 is 2.82 bits per heavy atom. The van der Waals surface area contributed by atoms with Gasteiger partial charge in [-0.1, -0.05) is 28.4 Å². The predicted molar refractivity (Wildman–Crippen MR) is 70.1 cm³/mol. The summed E-state index contributed by atoms with van der Waals surface area (Å²) >= 11 is 3.42. The number of allylic oxidation sites excluding steroid dienone is 2. The van der Waals surface area contributed by atoms with Crippen molar-refractivity contribution in [3.05, 3.63) is 11.6 Å². The van der Waals surface area contributed by atoms with E-state index in [1.807, 2.05) is 13.0 Å². The summed E-state index contributed by atoms with van der Waals surface area (Å²) in [7, 11) is 0. The van der Waals surface area contributed by atoms with Crippen molar-refractivity contribution < 1.29 is 14.3 Å². The maximum Gasteiger partial charge on any atom is 0.305 e. The van der Waals surface area contributed by atoms with Crippen LogP contribution in [0.1, 0.15) is 45.4 Å². The molecule has 1 aliphatic rings. The molecule has 4 heteroatoms. The lowest BCUT2D eigenvalue weighted by Gasteiger charge is -2.02. The van der Waals surface area contributed by atoms with E-state index < -0.39 is 0 Å². The summed E-state index contributed by atoms with van der Waals surface area (Å²) in [6.07, 6.45) is 6.71. The molecule has 0 saturated heterocycles. The molecule has 3 nitrogen and oxygen atoms in total. The van der Waals surface area contributed by atoms with Gasteiger partial charge in [-0.15, -0.1) is 0 Å². The van der Waals surface area contributed by atoms with Gasteiger partial charge in [0.15, 0.2) is 5.78 Å². The largest absolute Gasteiger partial charge is 0.466 e. The van der Waals surface area contributed by atoms with Crippen molar-refractivity contribution >= 4 is 27.7 Å². The summed E-state index contributed by atoms with van der Waals surface area (Å²) in [6, 6.07) is 0. The van der Waals surface area contributed by atoms with E-state index in [-0.39, 0.29) is 16.6 Å². The van der Waals surface area contributed by atoms with E-state index in [0.29, 0.717) is 19.4 Å². The number of esters is 1. The number of alkyl halides is 1. The van der Waals surface area contributed by atoms with Crippen LogP contribution in [0.5, 0.6) is 0 Å². The summed E-state index contributed by atoms with van der Waals surface area (Å²) in [6.45, 7) is 2.26. The third kappa shape index (κ3) is 5.48. The normalized spacial score (nSPS) is 19.3. The van der Waals surface area contributed by atoms with Crippen LogP contribution in [0, 0.1) is 0 Å². The fourth-order valence-corrected chi connectivity index (χ4v) is 2.51. The fraction of sp³-hybridized carbons (Fsp3) is 0.692. The van der Waals surface area contributed by atoms with E-state index in [9.17, 15) is 9.59 Å².